The van der Waals surface area contributed by atoms with Crippen molar-refractivity contribution >= 4 is 28.8 Å². The summed E-state index contributed by atoms with van der Waals surface area (Å²) in [5, 5.41) is 14.2. The zero-order valence-corrected chi connectivity index (χ0v) is 15.4. The SMILES string of the molecule is CC[C@@H](C)NC(=O)COCc1nnc(C(=O)Nc2ccc(C)cc2)s1. The van der Waals surface area contributed by atoms with Gasteiger partial charge in [-0.15, -0.1) is 10.2 Å². The van der Waals surface area contributed by atoms with Gasteiger partial charge >= 0.3 is 0 Å². The van der Waals surface area contributed by atoms with Crippen molar-refractivity contribution in [3.63, 3.8) is 0 Å². The minimum absolute atomic E-state index is 0.0468. The first-order valence-corrected chi connectivity index (χ1v) is 8.87. The van der Waals surface area contributed by atoms with Gasteiger partial charge in [0, 0.05) is 11.7 Å². The Labute approximate surface area is 150 Å². The summed E-state index contributed by atoms with van der Waals surface area (Å²) in [6.45, 7) is 6.00. The number of carbonyl (C=O) groups is 2. The molecule has 1 atom stereocenters. The Kier molecular flexibility index (Phi) is 7.03. The third kappa shape index (κ3) is 6.24. The van der Waals surface area contributed by atoms with Gasteiger partial charge in [0.25, 0.3) is 5.91 Å². The fraction of sp³-hybridized carbons (Fsp3) is 0.412. The van der Waals surface area contributed by atoms with Crippen LogP contribution in [0.4, 0.5) is 5.69 Å². The molecule has 8 heteroatoms. The molecule has 2 aromatic rings. The molecule has 2 N–H and O–H groups in total. The first-order valence-electron chi connectivity index (χ1n) is 8.05. The summed E-state index contributed by atoms with van der Waals surface area (Å²) >= 11 is 1.14. The van der Waals surface area contributed by atoms with Crippen LogP contribution < -0.4 is 10.6 Å². The van der Waals surface area contributed by atoms with E-state index in [4.69, 9.17) is 4.74 Å². The summed E-state index contributed by atoms with van der Waals surface area (Å²) in [4.78, 5) is 23.8. The lowest BCUT2D eigenvalue weighted by molar-refractivity contribution is -0.126. The summed E-state index contributed by atoms with van der Waals surface area (Å²) in [5.41, 5.74) is 1.82. The second-order valence-corrected chi connectivity index (χ2v) is 6.75. The van der Waals surface area contributed by atoms with Crippen molar-refractivity contribution in [2.75, 3.05) is 11.9 Å². The Bertz CT molecular complexity index is 715. The van der Waals surface area contributed by atoms with Crippen LogP contribution in [0.3, 0.4) is 0 Å². The topological polar surface area (TPSA) is 93.2 Å². The summed E-state index contributed by atoms with van der Waals surface area (Å²) in [6.07, 6.45) is 0.863. The van der Waals surface area contributed by atoms with E-state index >= 15 is 0 Å². The molecule has 1 heterocycles. The van der Waals surface area contributed by atoms with E-state index in [1.165, 1.54) is 0 Å². The first-order chi connectivity index (χ1) is 12.0. The number of anilines is 1. The van der Waals surface area contributed by atoms with Crippen molar-refractivity contribution in [3.05, 3.63) is 39.8 Å². The summed E-state index contributed by atoms with van der Waals surface area (Å²) < 4.78 is 5.32. The highest BCUT2D eigenvalue weighted by atomic mass is 32.1. The maximum atomic E-state index is 12.1. The molecular formula is C17H22N4O3S. The molecule has 0 aliphatic carbocycles. The van der Waals surface area contributed by atoms with E-state index in [2.05, 4.69) is 20.8 Å². The number of nitrogens with one attached hydrogen (secondary N) is 2. The van der Waals surface area contributed by atoms with Gasteiger partial charge in [-0.25, -0.2) is 0 Å². The van der Waals surface area contributed by atoms with Crippen molar-refractivity contribution in [2.45, 2.75) is 39.8 Å². The smallest absolute Gasteiger partial charge is 0.286 e. The van der Waals surface area contributed by atoms with E-state index in [-0.39, 0.29) is 36.1 Å². The maximum absolute atomic E-state index is 12.1. The number of rotatable bonds is 8. The van der Waals surface area contributed by atoms with Crippen molar-refractivity contribution in [3.8, 4) is 0 Å². The minimum atomic E-state index is -0.317. The summed E-state index contributed by atoms with van der Waals surface area (Å²) in [5.74, 6) is -0.488. The Morgan fingerprint density at radius 3 is 2.64 bits per heavy atom. The van der Waals surface area contributed by atoms with Crippen LogP contribution in [-0.2, 0) is 16.1 Å². The van der Waals surface area contributed by atoms with E-state index in [1.54, 1.807) is 0 Å². The summed E-state index contributed by atoms with van der Waals surface area (Å²) in [7, 11) is 0. The first kappa shape index (κ1) is 19.0. The molecule has 0 saturated heterocycles. The van der Waals surface area contributed by atoms with Crippen LogP contribution in [-0.4, -0.2) is 34.7 Å². The average molecular weight is 362 g/mol. The van der Waals surface area contributed by atoms with E-state index < -0.39 is 0 Å². The van der Waals surface area contributed by atoms with Crippen LogP contribution in [0, 0.1) is 6.92 Å². The van der Waals surface area contributed by atoms with Gasteiger partial charge in [0.15, 0.2) is 0 Å². The minimum Gasteiger partial charge on any atom is -0.364 e. The standard InChI is InChI=1S/C17H22N4O3S/c1-4-12(3)18-14(22)9-24-10-15-20-21-17(25-15)16(23)19-13-7-5-11(2)6-8-13/h5-8,12H,4,9-10H2,1-3H3,(H,18,22)(H,19,23)/t12-/m1/s1. The molecule has 0 bridgehead atoms. The molecular weight excluding hydrogens is 340 g/mol. The quantitative estimate of drug-likeness (QED) is 0.753. The maximum Gasteiger partial charge on any atom is 0.286 e. The predicted molar refractivity (Wildman–Crippen MR) is 96.6 cm³/mol. The normalized spacial score (nSPS) is 11.8. The van der Waals surface area contributed by atoms with Crippen molar-refractivity contribution in [1.82, 2.24) is 15.5 Å². The highest BCUT2D eigenvalue weighted by Crippen LogP contribution is 2.14. The van der Waals surface area contributed by atoms with Gasteiger partial charge in [-0.05, 0) is 32.4 Å². The molecule has 2 rings (SSSR count). The molecule has 7 nitrogen and oxygen atoms in total. The Morgan fingerprint density at radius 1 is 1.24 bits per heavy atom. The predicted octanol–water partition coefficient (Wildman–Crippen LogP) is 2.53. The van der Waals surface area contributed by atoms with E-state index in [0.717, 1.165) is 23.3 Å². The van der Waals surface area contributed by atoms with Crippen molar-refractivity contribution < 1.29 is 14.3 Å². The summed E-state index contributed by atoms with van der Waals surface area (Å²) in [6, 6.07) is 7.61. The van der Waals surface area contributed by atoms with Crippen LogP contribution in [0.5, 0.6) is 0 Å². The van der Waals surface area contributed by atoms with Crippen LogP contribution in [0.2, 0.25) is 0 Å². The van der Waals surface area contributed by atoms with E-state index in [9.17, 15) is 9.59 Å². The number of hydrogen-bond donors (Lipinski definition) is 2. The number of amides is 2. The highest BCUT2D eigenvalue weighted by Gasteiger charge is 2.14. The molecule has 2 amide bonds. The number of aryl methyl sites for hydroxylation is 1. The lowest BCUT2D eigenvalue weighted by Gasteiger charge is -2.10. The molecule has 1 aromatic heterocycles. The fourth-order valence-electron chi connectivity index (χ4n) is 1.87. The van der Waals surface area contributed by atoms with Gasteiger partial charge < -0.3 is 15.4 Å². The average Bonchev–Trinajstić information content (AvgIpc) is 3.06. The van der Waals surface area contributed by atoms with Crippen molar-refractivity contribution in [1.29, 1.82) is 0 Å². The van der Waals surface area contributed by atoms with Gasteiger partial charge in [-0.2, -0.15) is 0 Å². The molecule has 0 saturated carbocycles. The number of hydrogen-bond acceptors (Lipinski definition) is 6. The van der Waals surface area contributed by atoms with Crippen LogP contribution in [0.1, 0.15) is 40.6 Å². The number of ether oxygens (including phenoxy) is 1. The molecule has 0 aliphatic rings. The van der Waals surface area contributed by atoms with Gasteiger partial charge in [0.2, 0.25) is 10.9 Å². The number of nitrogens with zero attached hydrogens (tertiary/aromatic N) is 2. The molecule has 1 aromatic carbocycles. The van der Waals surface area contributed by atoms with E-state index in [1.807, 2.05) is 45.0 Å². The van der Waals surface area contributed by atoms with Crippen LogP contribution in [0.15, 0.2) is 24.3 Å². The van der Waals surface area contributed by atoms with Crippen molar-refractivity contribution in [2.24, 2.45) is 0 Å². The molecule has 134 valence electrons. The largest absolute Gasteiger partial charge is 0.364 e. The second kappa shape index (κ2) is 9.24. The molecule has 25 heavy (non-hydrogen) atoms. The Hall–Kier alpha value is -2.32. The molecule has 0 fully saturated rings. The third-order valence-corrected chi connectivity index (χ3v) is 4.34. The Morgan fingerprint density at radius 2 is 1.96 bits per heavy atom. The Balaban J connectivity index is 1.80. The zero-order valence-electron chi connectivity index (χ0n) is 14.5. The number of aromatic nitrogens is 2. The fourth-order valence-corrected chi connectivity index (χ4v) is 2.55. The molecule has 0 spiro atoms. The number of carbonyl (C=O) groups excluding carboxylic acids is 2. The van der Waals surface area contributed by atoms with Gasteiger partial charge in [-0.3, -0.25) is 9.59 Å². The van der Waals surface area contributed by atoms with Gasteiger partial charge in [-0.1, -0.05) is 36.0 Å². The van der Waals surface area contributed by atoms with Gasteiger partial charge in [0.05, 0.1) is 0 Å². The number of benzene rings is 1. The lowest BCUT2D eigenvalue weighted by Crippen LogP contribution is -2.34. The third-order valence-electron chi connectivity index (χ3n) is 3.45. The monoisotopic (exact) mass is 362 g/mol. The van der Waals surface area contributed by atoms with Crippen LogP contribution in [0.25, 0.3) is 0 Å². The van der Waals surface area contributed by atoms with Gasteiger partial charge in [0.1, 0.15) is 18.2 Å². The zero-order chi connectivity index (χ0) is 18.2. The lowest BCUT2D eigenvalue weighted by atomic mass is 10.2. The second-order valence-electron chi connectivity index (χ2n) is 5.69. The van der Waals surface area contributed by atoms with E-state index in [0.29, 0.717) is 10.7 Å². The molecule has 0 radical (unpaired) electrons. The molecule has 0 aliphatic heterocycles. The molecule has 0 unspecified atom stereocenters. The highest BCUT2D eigenvalue weighted by molar-refractivity contribution is 7.13. The van der Waals surface area contributed by atoms with Crippen LogP contribution >= 0.6 is 11.3 Å².